The Morgan fingerprint density at radius 3 is 1.67 bits per heavy atom. The highest BCUT2D eigenvalue weighted by molar-refractivity contribution is 6.17. The summed E-state index contributed by atoms with van der Waals surface area (Å²) in [5, 5.41) is 30.9. The van der Waals surface area contributed by atoms with Crippen LogP contribution in [-0.2, 0) is 14.3 Å². The maximum atomic E-state index is 11.6. The number of aromatic nitrogens is 2. The number of esters is 1. The summed E-state index contributed by atoms with van der Waals surface area (Å²) in [5.74, 6) is -0.106. The number of benzene rings is 2. The number of fused-ring (bicyclic) bond motifs is 2. The highest BCUT2D eigenvalue weighted by Gasteiger charge is 2.27. The van der Waals surface area contributed by atoms with Gasteiger partial charge in [0.25, 0.3) is 11.4 Å². The Morgan fingerprint density at radius 2 is 1.29 bits per heavy atom. The number of hydrogen-bond donors (Lipinski definition) is 1. The van der Waals surface area contributed by atoms with Gasteiger partial charge in [-0.05, 0) is 62.1 Å². The van der Waals surface area contributed by atoms with Crippen molar-refractivity contribution in [1.29, 1.82) is 0 Å². The van der Waals surface area contributed by atoms with Crippen LogP contribution >= 0.6 is 11.6 Å². The Bertz CT molecular complexity index is 1690. The van der Waals surface area contributed by atoms with E-state index in [0.717, 1.165) is 38.5 Å². The molecule has 2 aromatic heterocycles. The number of carboxylic acids is 1. The molecule has 0 aliphatic heterocycles. The molecule has 236 valence electrons. The molecule has 15 heteroatoms. The quantitative estimate of drug-likeness (QED) is 0.0695. The summed E-state index contributed by atoms with van der Waals surface area (Å²) in [6.07, 6.45) is 8.76. The maximum absolute atomic E-state index is 11.6. The predicted octanol–water partition coefficient (Wildman–Crippen LogP) is 6.41. The Hall–Kier alpha value is -5.11. The second-order valence-corrected chi connectivity index (χ2v) is 10.3. The van der Waals surface area contributed by atoms with Gasteiger partial charge in [0.1, 0.15) is 22.5 Å². The minimum Gasteiger partial charge on any atom is -0.481 e. The average Bonchev–Trinajstić information content (AvgIpc) is 2.96. The van der Waals surface area contributed by atoms with Crippen molar-refractivity contribution < 1.29 is 38.8 Å². The van der Waals surface area contributed by atoms with Crippen LogP contribution in [0.1, 0.15) is 38.5 Å². The van der Waals surface area contributed by atoms with Gasteiger partial charge in [0.05, 0.1) is 32.5 Å². The van der Waals surface area contributed by atoms with E-state index < -0.39 is 15.8 Å². The second-order valence-electron chi connectivity index (χ2n) is 10.1. The molecule has 0 saturated heterocycles. The second kappa shape index (κ2) is 15.6. The average molecular weight is 641 g/mol. The molecular weight excluding hydrogens is 612 g/mol. The lowest BCUT2D eigenvalue weighted by Crippen LogP contribution is -2.25. The van der Waals surface area contributed by atoms with Crippen molar-refractivity contribution in [3.63, 3.8) is 0 Å². The van der Waals surface area contributed by atoms with Crippen molar-refractivity contribution in [1.82, 2.24) is 9.97 Å². The van der Waals surface area contributed by atoms with E-state index in [2.05, 4.69) is 9.97 Å². The molecule has 0 spiro atoms. The van der Waals surface area contributed by atoms with Gasteiger partial charge < -0.3 is 19.3 Å². The number of halogens is 1. The van der Waals surface area contributed by atoms with Crippen LogP contribution < -0.4 is 9.47 Å². The first-order valence-electron chi connectivity index (χ1n) is 14.0. The molecule has 2 aromatic carbocycles. The van der Waals surface area contributed by atoms with Gasteiger partial charge >= 0.3 is 11.9 Å². The number of non-ortho nitro benzene ring substituents is 2. The highest BCUT2D eigenvalue weighted by atomic mass is 35.5. The first-order valence-corrected chi connectivity index (χ1v) is 14.5. The van der Waals surface area contributed by atoms with Gasteiger partial charge in [0.15, 0.2) is 6.07 Å². The van der Waals surface area contributed by atoms with Gasteiger partial charge in [0.2, 0.25) is 6.79 Å². The van der Waals surface area contributed by atoms with Gasteiger partial charge in [0, 0.05) is 24.5 Å². The fraction of sp³-hybridized carbons (Fsp3) is 0.333. The minimum atomic E-state index is -0.619. The van der Waals surface area contributed by atoms with Crippen LogP contribution in [0, 0.1) is 32.1 Å². The monoisotopic (exact) mass is 640 g/mol. The highest BCUT2D eigenvalue weighted by Crippen LogP contribution is 2.33. The van der Waals surface area contributed by atoms with E-state index in [1.165, 1.54) is 30.5 Å². The summed E-state index contributed by atoms with van der Waals surface area (Å²) in [5.41, 5.74) is 0.778. The number of nitro benzene ring substituents is 2. The maximum Gasteiger partial charge on any atom is 0.311 e. The van der Waals surface area contributed by atoms with Crippen molar-refractivity contribution >= 4 is 56.7 Å². The van der Waals surface area contributed by atoms with Crippen LogP contribution in [0.5, 0.6) is 11.5 Å². The molecule has 0 amide bonds. The summed E-state index contributed by atoms with van der Waals surface area (Å²) >= 11 is 5.45. The molecule has 0 unspecified atom stereocenters. The third kappa shape index (κ3) is 8.29. The minimum absolute atomic E-state index is 0.000000000000000444. The number of carbonyl (C=O) groups excluding carboxylic acids is 1. The summed E-state index contributed by atoms with van der Waals surface area (Å²) in [4.78, 5) is 50.7. The number of aliphatic carboxylic acids is 1. The Morgan fingerprint density at radius 1 is 0.800 bits per heavy atom. The molecule has 0 bridgehead atoms. The zero-order chi connectivity index (χ0) is 32.3. The number of hydrogen-bond acceptors (Lipinski definition) is 11. The lowest BCUT2D eigenvalue weighted by atomic mass is 9.86. The molecule has 2 aliphatic carbocycles. The zero-order valence-corrected chi connectivity index (χ0v) is 24.6. The van der Waals surface area contributed by atoms with Crippen LogP contribution in [0.4, 0.5) is 11.4 Å². The Labute approximate surface area is 261 Å². The number of ether oxygens (including phenoxy) is 3. The molecular formula is C30H29ClN4O10. The SMILES string of the molecule is O=C(O)C1CCC1.O=C(OCOc1ccc([N+](=O)[O-])c2cccnc12)C1CCC1.O=[N+]([O-])c1ccc(OCCl)c2ncccc12. The number of nitrogens with zero attached hydrogens (tertiary/aromatic N) is 4. The number of carbonyl (C=O) groups is 2. The summed E-state index contributed by atoms with van der Waals surface area (Å²) in [7, 11) is 0. The molecule has 4 aromatic rings. The first kappa shape index (κ1) is 32.8. The van der Waals surface area contributed by atoms with E-state index >= 15 is 0 Å². The summed E-state index contributed by atoms with van der Waals surface area (Å²) < 4.78 is 15.6. The van der Waals surface area contributed by atoms with Gasteiger partial charge in [-0.1, -0.05) is 24.4 Å². The molecule has 0 radical (unpaired) electrons. The molecule has 14 nitrogen and oxygen atoms in total. The largest absolute Gasteiger partial charge is 0.481 e. The van der Waals surface area contributed by atoms with Crippen molar-refractivity contribution in [3.8, 4) is 11.5 Å². The van der Waals surface area contributed by atoms with E-state index in [1.54, 1.807) is 30.5 Å². The lowest BCUT2D eigenvalue weighted by Gasteiger charge is -2.22. The van der Waals surface area contributed by atoms with Crippen molar-refractivity contribution in [3.05, 3.63) is 81.2 Å². The zero-order valence-electron chi connectivity index (χ0n) is 23.9. The number of rotatable bonds is 9. The molecule has 0 atom stereocenters. The molecule has 6 rings (SSSR count). The van der Waals surface area contributed by atoms with Crippen molar-refractivity contribution in [2.45, 2.75) is 38.5 Å². The van der Waals surface area contributed by atoms with Gasteiger partial charge in [-0.15, -0.1) is 0 Å². The number of pyridine rings is 2. The van der Waals surface area contributed by atoms with Gasteiger partial charge in [-0.2, -0.15) is 0 Å². The molecule has 2 fully saturated rings. The molecule has 1 N–H and O–H groups in total. The van der Waals surface area contributed by atoms with Crippen LogP contribution in [0.3, 0.4) is 0 Å². The van der Waals surface area contributed by atoms with E-state index in [1.807, 2.05) is 0 Å². The van der Waals surface area contributed by atoms with Gasteiger partial charge in [-0.3, -0.25) is 39.8 Å². The van der Waals surface area contributed by atoms with Crippen molar-refractivity contribution in [2.24, 2.45) is 11.8 Å². The topological polar surface area (TPSA) is 194 Å². The van der Waals surface area contributed by atoms with E-state index in [0.29, 0.717) is 33.3 Å². The smallest absolute Gasteiger partial charge is 0.311 e. The standard InChI is InChI=1S/C15H14N2O5.C10H7ClN2O3.C5H8O2/c18-15(10-3-1-4-10)22-9-21-13-7-6-12(17(19)20)11-5-2-8-16-14(11)13;11-6-16-9-4-3-8(13(14)15)7-2-1-5-12-10(7)9;6-5(7)4-2-1-3-4/h2,5-8,10H,1,3-4,9H2;1-5H,6H2;4H,1-3H2,(H,6,7). The Balaban J connectivity index is 0.000000174. The van der Waals surface area contributed by atoms with Crippen LogP contribution in [0.2, 0.25) is 0 Å². The van der Waals surface area contributed by atoms with Gasteiger partial charge in [-0.25, -0.2) is 0 Å². The lowest BCUT2D eigenvalue weighted by molar-refractivity contribution is -0.383. The fourth-order valence-corrected chi connectivity index (χ4v) is 4.56. The van der Waals surface area contributed by atoms with E-state index in [-0.39, 0.29) is 42.0 Å². The molecule has 2 heterocycles. The van der Waals surface area contributed by atoms with Crippen molar-refractivity contribution in [2.75, 3.05) is 12.9 Å². The molecule has 2 saturated carbocycles. The third-order valence-corrected chi connectivity index (χ3v) is 7.44. The number of nitro groups is 2. The number of carboxylic acid groups (broad SMARTS) is 1. The van der Waals surface area contributed by atoms with E-state index in [4.69, 9.17) is 30.9 Å². The first-order chi connectivity index (χ1) is 21.7. The molecule has 2 aliphatic rings. The summed E-state index contributed by atoms with van der Waals surface area (Å²) in [6, 6.07) is 12.2. The van der Waals surface area contributed by atoms with Crippen LogP contribution in [0.25, 0.3) is 21.8 Å². The summed E-state index contributed by atoms with van der Waals surface area (Å²) in [6.45, 7) is -0.223. The van der Waals surface area contributed by atoms with Crippen LogP contribution in [-0.4, -0.2) is 49.7 Å². The number of alkyl halides is 1. The molecule has 45 heavy (non-hydrogen) atoms. The van der Waals surface area contributed by atoms with Crippen LogP contribution in [0.15, 0.2) is 60.9 Å². The van der Waals surface area contributed by atoms with E-state index in [9.17, 15) is 29.8 Å². The third-order valence-electron chi connectivity index (χ3n) is 7.33. The fourth-order valence-electron chi connectivity index (χ4n) is 4.44. The Kier molecular flexibility index (Phi) is 11.3. The normalized spacial score (nSPS) is 14.0. The predicted molar refractivity (Wildman–Crippen MR) is 162 cm³/mol.